The van der Waals surface area contributed by atoms with Gasteiger partial charge in [-0.2, -0.15) is 5.10 Å². The maximum atomic E-state index is 4.51. The van der Waals surface area contributed by atoms with E-state index in [4.69, 9.17) is 0 Å². The lowest BCUT2D eigenvalue weighted by Gasteiger charge is -2.08. The molecule has 2 heterocycles. The van der Waals surface area contributed by atoms with E-state index in [0.717, 1.165) is 43.3 Å². The average Bonchev–Trinajstić information content (AvgIpc) is 2.87. The average molecular weight is 221 g/mol. The molecular weight excluding hydrogens is 202 g/mol. The first-order chi connectivity index (χ1) is 7.76. The Morgan fingerprint density at radius 1 is 1.38 bits per heavy atom. The van der Waals surface area contributed by atoms with Gasteiger partial charge in [-0.3, -0.25) is 9.67 Å². The summed E-state index contributed by atoms with van der Waals surface area (Å²) in [6, 6.07) is 0. The van der Waals surface area contributed by atoms with Gasteiger partial charge >= 0.3 is 0 Å². The van der Waals surface area contributed by atoms with Gasteiger partial charge < -0.3 is 10.6 Å². The van der Waals surface area contributed by atoms with Crippen molar-refractivity contribution in [2.45, 2.75) is 26.7 Å². The van der Waals surface area contributed by atoms with E-state index in [1.165, 1.54) is 5.69 Å². The van der Waals surface area contributed by atoms with E-state index in [9.17, 15) is 0 Å². The van der Waals surface area contributed by atoms with Crippen molar-refractivity contribution >= 4 is 11.6 Å². The van der Waals surface area contributed by atoms with Crippen LogP contribution in [0.5, 0.6) is 0 Å². The maximum absolute atomic E-state index is 4.51. The number of rotatable bonds is 3. The normalized spacial score (nSPS) is 14.8. The molecule has 0 aliphatic carbocycles. The van der Waals surface area contributed by atoms with Crippen LogP contribution >= 0.6 is 0 Å². The molecule has 5 heteroatoms. The quantitative estimate of drug-likeness (QED) is 0.798. The van der Waals surface area contributed by atoms with Gasteiger partial charge in [0, 0.05) is 13.6 Å². The zero-order valence-electron chi connectivity index (χ0n) is 10.2. The van der Waals surface area contributed by atoms with Gasteiger partial charge in [0.25, 0.3) is 0 Å². The molecule has 0 spiro atoms. The lowest BCUT2D eigenvalue weighted by molar-refractivity contribution is 0.705. The second kappa shape index (κ2) is 4.55. The first kappa shape index (κ1) is 11.0. The van der Waals surface area contributed by atoms with Gasteiger partial charge in [-0.1, -0.05) is 13.8 Å². The fraction of sp³-hybridized carbons (Fsp3) is 0.636. The van der Waals surface area contributed by atoms with Crippen LogP contribution in [-0.2, 0) is 19.9 Å². The van der Waals surface area contributed by atoms with E-state index in [1.807, 2.05) is 11.7 Å². The van der Waals surface area contributed by atoms with Gasteiger partial charge in [0.2, 0.25) is 0 Å². The van der Waals surface area contributed by atoms with Crippen molar-refractivity contribution < 1.29 is 0 Å². The minimum Gasteiger partial charge on any atom is -0.354 e. The van der Waals surface area contributed by atoms with Gasteiger partial charge in [-0.05, 0) is 12.8 Å². The molecule has 0 aromatic carbocycles. The van der Waals surface area contributed by atoms with Crippen LogP contribution in [0.3, 0.4) is 0 Å². The molecule has 0 saturated carbocycles. The molecule has 88 valence electrons. The predicted molar refractivity (Wildman–Crippen MR) is 65.9 cm³/mol. The standard InChI is InChI=1S/C11H19N5/c1-4-8-10(9(5-2)16(3)15-8)14-11-12-6-7-13-11/h4-7H2,1-3H3,(H2,12,13,14). The Balaban J connectivity index is 2.29. The lowest BCUT2D eigenvalue weighted by Crippen LogP contribution is -2.27. The predicted octanol–water partition coefficient (Wildman–Crippen LogP) is 0.916. The molecule has 0 unspecified atom stereocenters. The Morgan fingerprint density at radius 3 is 2.75 bits per heavy atom. The van der Waals surface area contributed by atoms with E-state index in [1.54, 1.807) is 0 Å². The summed E-state index contributed by atoms with van der Waals surface area (Å²) < 4.78 is 1.96. The number of aliphatic imine (C=N–C) groups is 1. The Bertz CT molecular complexity index is 405. The zero-order valence-corrected chi connectivity index (χ0v) is 10.2. The van der Waals surface area contributed by atoms with Crippen LogP contribution in [-0.4, -0.2) is 28.8 Å². The van der Waals surface area contributed by atoms with Crippen molar-refractivity contribution in [3.05, 3.63) is 11.4 Å². The summed E-state index contributed by atoms with van der Waals surface area (Å²) in [5, 5.41) is 11.1. The third-order valence-corrected chi connectivity index (χ3v) is 2.83. The van der Waals surface area contributed by atoms with Crippen molar-refractivity contribution in [1.29, 1.82) is 0 Å². The molecule has 0 bridgehead atoms. The molecule has 16 heavy (non-hydrogen) atoms. The highest BCUT2D eigenvalue weighted by atomic mass is 15.3. The van der Waals surface area contributed by atoms with E-state index >= 15 is 0 Å². The smallest absolute Gasteiger partial charge is 0.196 e. The summed E-state index contributed by atoms with van der Waals surface area (Å²) in [4.78, 5) is 4.35. The van der Waals surface area contributed by atoms with E-state index in [-0.39, 0.29) is 0 Å². The van der Waals surface area contributed by atoms with Crippen LogP contribution in [0, 0.1) is 0 Å². The molecular formula is C11H19N5. The van der Waals surface area contributed by atoms with Gasteiger partial charge in [0.15, 0.2) is 5.96 Å². The number of hydrogen-bond acceptors (Lipinski definition) is 4. The van der Waals surface area contributed by atoms with Crippen LogP contribution in [0.4, 0.5) is 5.69 Å². The Kier molecular flexibility index (Phi) is 3.12. The van der Waals surface area contributed by atoms with Crippen molar-refractivity contribution in [1.82, 2.24) is 15.1 Å². The fourth-order valence-corrected chi connectivity index (χ4v) is 2.02. The SMILES string of the molecule is CCc1nn(C)c(CC)c1NC1=NCCN1. The summed E-state index contributed by atoms with van der Waals surface area (Å²) in [5.41, 5.74) is 3.46. The van der Waals surface area contributed by atoms with E-state index < -0.39 is 0 Å². The monoisotopic (exact) mass is 221 g/mol. The highest BCUT2D eigenvalue weighted by Crippen LogP contribution is 2.21. The van der Waals surface area contributed by atoms with Crippen LogP contribution in [0.25, 0.3) is 0 Å². The van der Waals surface area contributed by atoms with E-state index in [0.29, 0.717) is 0 Å². The molecule has 0 saturated heterocycles. The molecule has 2 rings (SSSR count). The van der Waals surface area contributed by atoms with Crippen molar-refractivity contribution in [3.8, 4) is 0 Å². The maximum Gasteiger partial charge on any atom is 0.196 e. The molecule has 0 radical (unpaired) electrons. The minimum atomic E-state index is 0.853. The molecule has 0 amide bonds. The first-order valence-corrected chi connectivity index (χ1v) is 5.86. The Morgan fingerprint density at radius 2 is 2.19 bits per heavy atom. The zero-order chi connectivity index (χ0) is 11.5. The number of guanidine groups is 1. The number of hydrogen-bond donors (Lipinski definition) is 2. The van der Waals surface area contributed by atoms with Crippen LogP contribution < -0.4 is 10.6 Å². The number of aryl methyl sites for hydroxylation is 2. The van der Waals surface area contributed by atoms with Crippen LogP contribution in [0.15, 0.2) is 4.99 Å². The second-order valence-corrected chi connectivity index (χ2v) is 3.88. The van der Waals surface area contributed by atoms with Gasteiger partial charge in [0.05, 0.1) is 23.6 Å². The molecule has 1 aromatic rings. The highest BCUT2D eigenvalue weighted by molar-refractivity contribution is 5.95. The molecule has 1 aliphatic rings. The summed E-state index contributed by atoms with van der Waals surface area (Å²) in [6.45, 7) is 6.04. The summed E-state index contributed by atoms with van der Waals surface area (Å²) >= 11 is 0. The topological polar surface area (TPSA) is 54.2 Å². The summed E-state index contributed by atoms with van der Waals surface area (Å²) in [6.07, 6.45) is 1.91. The number of anilines is 1. The van der Waals surface area contributed by atoms with Gasteiger partial charge in [0.1, 0.15) is 0 Å². The van der Waals surface area contributed by atoms with Crippen LogP contribution in [0.1, 0.15) is 25.2 Å². The number of aromatic nitrogens is 2. The van der Waals surface area contributed by atoms with Crippen molar-refractivity contribution in [3.63, 3.8) is 0 Å². The van der Waals surface area contributed by atoms with E-state index in [2.05, 4.69) is 34.6 Å². The molecule has 1 aromatic heterocycles. The first-order valence-electron chi connectivity index (χ1n) is 5.86. The summed E-state index contributed by atoms with van der Waals surface area (Å²) in [5.74, 6) is 0.873. The molecule has 1 aliphatic heterocycles. The second-order valence-electron chi connectivity index (χ2n) is 3.88. The lowest BCUT2D eigenvalue weighted by atomic mass is 10.2. The highest BCUT2D eigenvalue weighted by Gasteiger charge is 2.16. The molecule has 2 N–H and O–H groups in total. The van der Waals surface area contributed by atoms with Crippen LogP contribution in [0.2, 0.25) is 0 Å². The fourth-order valence-electron chi connectivity index (χ4n) is 2.02. The molecule has 0 fully saturated rings. The number of nitrogens with zero attached hydrogens (tertiary/aromatic N) is 3. The Labute approximate surface area is 95.9 Å². The van der Waals surface area contributed by atoms with Gasteiger partial charge in [-0.25, -0.2) is 0 Å². The van der Waals surface area contributed by atoms with Crippen molar-refractivity contribution in [2.24, 2.45) is 12.0 Å². The van der Waals surface area contributed by atoms with Crippen molar-refractivity contribution in [2.75, 3.05) is 18.4 Å². The third kappa shape index (κ3) is 1.89. The number of nitrogens with one attached hydrogen (secondary N) is 2. The van der Waals surface area contributed by atoms with Gasteiger partial charge in [-0.15, -0.1) is 0 Å². The Hall–Kier alpha value is -1.52. The largest absolute Gasteiger partial charge is 0.354 e. The minimum absolute atomic E-state index is 0.853. The summed E-state index contributed by atoms with van der Waals surface area (Å²) in [7, 11) is 1.99. The third-order valence-electron chi connectivity index (χ3n) is 2.83. The molecule has 5 nitrogen and oxygen atoms in total. The molecule has 0 atom stereocenters.